The fraction of sp³-hybridized carbons (Fsp3) is 0.625. The van der Waals surface area contributed by atoms with Gasteiger partial charge in [-0.25, -0.2) is 4.98 Å². The van der Waals surface area contributed by atoms with Crippen molar-refractivity contribution in [3.05, 3.63) is 12.4 Å². The molecule has 1 fully saturated rings. The molecule has 0 spiro atoms. The van der Waals surface area contributed by atoms with Gasteiger partial charge in [0.25, 0.3) is 0 Å². The van der Waals surface area contributed by atoms with Crippen molar-refractivity contribution in [1.82, 2.24) is 9.55 Å². The molecule has 0 amide bonds. The van der Waals surface area contributed by atoms with Gasteiger partial charge in [0, 0.05) is 26.0 Å². The predicted octanol–water partition coefficient (Wildman–Crippen LogP) is 0.886. The number of nitrogens with one attached hydrogen (secondary N) is 1. The van der Waals surface area contributed by atoms with Gasteiger partial charge in [-0.3, -0.25) is 0 Å². The first-order valence-corrected chi connectivity index (χ1v) is 4.20. The summed E-state index contributed by atoms with van der Waals surface area (Å²) in [5.74, 6) is 0.922. The van der Waals surface area contributed by atoms with Crippen molar-refractivity contribution in [2.75, 3.05) is 25.6 Å². The van der Waals surface area contributed by atoms with Crippen LogP contribution in [0, 0.1) is 0 Å². The lowest BCUT2D eigenvalue weighted by Crippen LogP contribution is -2.10. The average Bonchev–Trinajstić information content (AvgIpc) is 2.74. The van der Waals surface area contributed by atoms with Gasteiger partial charge in [-0.05, 0) is 6.42 Å². The number of hydrogen-bond acceptors (Lipinski definition) is 3. The summed E-state index contributed by atoms with van der Waals surface area (Å²) >= 11 is 0. The minimum absolute atomic E-state index is 0.468. The summed E-state index contributed by atoms with van der Waals surface area (Å²) in [6.45, 7) is 1.68. The zero-order valence-corrected chi connectivity index (χ0v) is 7.16. The first kappa shape index (κ1) is 7.61. The fourth-order valence-electron chi connectivity index (χ4n) is 1.54. The molecule has 4 heteroatoms. The van der Waals surface area contributed by atoms with Gasteiger partial charge in [-0.1, -0.05) is 0 Å². The Morgan fingerprint density at radius 1 is 1.75 bits per heavy atom. The Labute approximate surface area is 71.6 Å². The third-order valence-corrected chi connectivity index (χ3v) is 2.19. The van der Waals surface area contributed by atoms with Crippen LogP contribution < -0.4 is 5.32 Å². The molecule has 0 radical (unpaired) electrons. The van der Waals surface area contributed by atoms with E-state index >= 15 is 0 Å². The molecule has 1 unspecified atom stereocenters. The van der Waals surface area contributed by atoms with Crippen LogP contribution in [0.4, 0.5) is 5.95 Å². The molecule has 0 saturated carbocycles. The topological polar surface area (TPSA) is 39.1 Å². The molecule has 0 aliphatic carbocycles. The highest BCUT2D eigenvalue weighted by atomic mass is 16.5. The summed E-state index contributed by atoms with van der Waals surface area (Å²) in [5.41, 5.74) is 0. The van der Waals surface area contributed by atoms with E-state index in [1.807, 2.05) is 19.4 Å². The van der Waals surface area contributed by atoms with Crippen LogP contribution in [0.1, 0.15) is 12.5 Å². The van der Waals surface area contributed by atoms with Crippen LogP contribution in [-0.2, 0) is 4.74 Å². The van der Waals surface area contributed by atoms with Gasteiger partial charge in [-0.2, -0.15) is 0 Å². The first-order valence-electron chi connectivity index (χ1n) is 4.20. The van der Waals surface area contributed by atoms with E-state index in [9.17, 15) is 0 Å². The van der Waals surface area contributed by atoms with Crippen LogP contribution in [0.15, 0.2) is 12.4 Å². The zero-order chi connectivity index (χ0) is 8.39. The molecule has 1 aliphatic heterocycles. The van der Waals surface area contributed by atoms with Gasteiger partial charge < -0.3 is 14.6 Å². The molecule has 4 nitrogen and oxygen atoms in total. The highest BCUT2D eigenvalue weighted by Gasteiger charge is 2.18. The molecule has 1 N–H and O–H groups in total. The van der Waals surface area contributed by atoms with Crippen LogP contribution >= 0.6 is 0 Å². The van der Waals surface area contributed by atoms with E-state index in [1.165, 1.54) is 0 Å². The monoisotopic (exact) mass is 167 g/mol. The lowest BCUT2D eigenvalue weighted by atomic mass is 10.2. The normalized spacial score (nSPS) is 22.9. The Morgan fingerprint density at radius 3 is 3.33 bits per heavy atom. The van der Waals surface area contributed by atoms with E-state index in [4.69, 9.17) is 4.74 Å². The molecule has 2 rings (SSSR count). The molecule has 1 saturated heterocycles. The summed E-state index contributed by atoms with van der Waals surface area (Å²) in [7, 11) is 1.88. The standard InChI is InChI=1S/C8H13N3O/c1-9-8-10-3-4-11(8)7-2-5-12-6-7/h3-4,7H,2,5-6H2,1H3,(H,9,10). The molecule has 66 valence electrons. The molecule has 12 heavy (non-hydrogen) atoms. The summed E-state index contributed by atoms with van der Waals surface area (Å²) in [6.07, 6.45) is 4.89. The average molecular weight is 167 g/mol. The summed E-state index contributed by atoms with van der Waals surface area (Å²) in [6, 6.07) is 0.468. The molecule has 0 aromatic carbocycles. The molecule has 1 aromatic heterocycles. The molecule has 1 aromatic rings. The number of hydrogen-bond donors (Lipinski definition) is 1. The smallest absolute Gasteiger partial charge is 0.202 e. The minimum Gasteiger partial charge on any atom is -0.379 e. The van der Waals surface area contributed by atoms with Gasteiger partial charge in [-0.15, -0.1) is 0 Å². The second-order valence-electron chi connectivity index (χ2n) is 2.93. The van der Waals surface area contributed by atoms with Crippen molar-refractivity contribution in [3.8, 4) is 0 Å². The largest absolute Gasteiger partial charge is 0.379 e. The summed E-state index contributed by atoms with van der Waals surface area (Å²) < 4.78 is 7.44. The van der Waals surface area contributed by atoms with Crippen molar-refractivity contribution in [1.29, 1.82) is 0 Å². The Kier molecular flexibility index (Phi) is 1.99. The number of imidazole rings is 1. The maximum absolute atomic E-state index is 5.30. The number of rotatable bonds is 2. The minimum atomic E-state index is 0.468. The number of nitrogens with zero attached hydrogens (tertiary/aromatic N) is 2. The lowest BCUT2D eigenvalue weighted by molar-refractivity contribution is 0.187. The zero-order valence-electron chi connectivity index (χ0n) is 7.16. The van der Waals surface area contributed by atoms with Gasteiger partial charge in [0.05, 0.1) is 12.6 Å². The van der Waals surface area contributed by atoms with Gasteiger partial charge in [0.1, 0.15) is 0 Å². The van der Waals surface area contributed by atoms with Crippen LogP contribution in [-0.4, -0.2) is 29.8 Å². The SMILES string of the molecule is CNc1nccn1C1CCOC1. The predicted molar refractivity (Wildman–Crippen MR) is 46.2 cm³/mol. The second-order valence-corrected chi connectivity index (χ2v) is 2.93. The van der Waals surface area contributed by atoms with Crippen LogP contribution in [0.3, 0.4) is 0 Å². The van der Waals surface area contributed by atoms with E-state index < -0.39 is 0 Å². The van der Waals surface area contributed by atoms with Gasteiger partial charge in [0.15, 0.2) is 0 Å². The van der Waals surface area contributed by atoms with Gasteiger partial charge in [0.2, 0.25) is 5.95 Å². The van der Waals surface area contributed by atoms with E-state index in [0.29, 0.717) is 6.04 Å². The van der Waals surface area contributed by atoms with Crippen LogP contribution in [0.25, 0.3) is 0 Å². The molecular weight excluding hydrogens is 154 g/mol. The van der Waals surface area contributed by atoms with Crippen molar-refractivity contribution in [2.24, 2.45) is 0 Å². The number of anilines is 1. The van der Waals surface area contributed by atoms with Crippen LogP contribution in [0.2, 0.25) is 0 Å². The highest BCUT2D eigenvalue weighted by molar-refractivity contribution is 5.25. The van der Waals surface area contributed by atoms with Gasteiger partial charge >= 0.3 is 0 Å². The molecular formula is C8H13N3O. The van der Waals surface area contributed by atoms with Crippen molar-refractivity contribution in [2.45, 2.75) is 12.5 Å². The van der Waals surface area contributed by atoms with E-state index in [-0.39, 0.29) is 0 Å². The van der Waals surface area contributed by atoms with Crippen molar-refractivity contribution in [3.63, 3.8) is 0 Å². The molecule has 1 atom stereocenters. The Bertz CT molecular complexity index is 253. The fourth-order valence-corrected chi connectivity index (χ4v) is 1.54. The van der Waals surface area contributed by atoms with Crippen LogP contribution in [0.5, 0.6) is 0 Å². The third-order valence-electron chi connectivity index (χ3n) is 2.19. The molecule has 2 heterocycles. The molecule has 1 aliphatic rings. The quantitative estimate of drug-likeness (QED) is 0.710. The number of aromatic nitrogens is 2. The Balaban J connectivity index is 2.19. The van der Waals surface area contributed by atoms with Crippen molar-refractivity contribution < 1.29 is 4.74 Å². The molecule has 0 bridgehead atoms. The third kappa shape index (κ3) is 1.18. The van der Waals surface area contributed by atoms with Crippen molar-refractivity contribution >= 4 is 5.95 Å². The highest BCUT2D eigenvalue weighted by Crippen LogP contribution is 2.21. The maximum atomic E-state index is 5.30. The van der Waals surface area contributed by atoms with E-state index in [2.05, 4.69) is 14.9 Å². The number of ether oxygens (including phenoxy) is 1. The lowest BCUT2D eigenvalue weighted by Gasteiger charge is -2.12. The van der Waals surface area contributed by atoms with E-state index in [1.54, 1.807) is 0 Å². The Morgan fingerprint density at radius 2 is 2.67 bits per heavy atom. The second kappa shape index (κ2) is 3.15. The Hall–Kier alpha value is -1.03. The maximum Gasteiger partial charge on any atom is 0.202 e. The summed E-state index contributed by atoms with van der Waals surface area (Å²) in [5, 5.41) is 3.05. The first-order chi connectivity index (χ1) is 5.92. The summed E-state index contributed by atoms with van der Waals surface area (Å²) in [4.78, 5) is 4.18. The van der Waals surface area contributed by atoms with E-state index in [0.717, 1.165) is 25.6 Å².